The molecule has 3 aromatic carbocycles. The molecule has 0 spiro atoms. The Morgan fingerprint density at radius 3 is 1.82 bits per heavy atom. The molecule has 0 saturated carbocycles. The second kappa shape index (κ2) is 5.34. The summed E-state index contributed by atoms with van der Waals surface area (Å²) in [4.78, 5) is 2.38. The van der Waals surface area contributed by atoms with Gasteiger partial charge in [0.25, 0.3) is 0 Å². The first-order chi connectivity index (χ1) is 10.9. The van der Waals surface area contributed by atoms with Crippen LogP contribution in [0.4, 0.5) is 17.1 Å². The predicted molar refractivity (Wildman–Crippen MR) is 93.3 cm³/mol. The van der Waals surface area contributed by atoms with Crippen LogP contribution in [0.5, 0.6) is 0 Å². The monoisotopic (exact) mass is 285 g/mol. The van der Waals surface area contributed by atoms with E-state index in [1.807, 2.05) is 0 Å². The lowest BCUT2D eigenvalue weighted by Crippen LogP contribution is -2.18. The maximum Gasteiger partial charge on any atom is 0.0497 e. The topological polar surface area (TPSA) is 3.24 Å². The highest BCUT2D eigenvalue weighted by Crippen LogP contribution is 2.43. The number of fused-ring (bicyclic) bond motifs is 2. The highest BCUT2D eigenvalue weighted by Gasteiger charge is 2.22. The van der Waals surface area contributed by atoms with E-state index >= 15 is 0 Å². The van der Waals surface area contributed by atoms with Gasteiger partial charge in [-0.05, 0) is 47.4 Å². The molecule has 108 valence electrons. The lowest BCUT2D eigenvalue weighted by molar-refractivity contribution is 1.08. The van der Waals surface area contributed by atoms with E-state index in [-0.39, 0.29) is 0 Å². The lowest BCUT2D eigenvalue weighted by atomic mass is 9.95. The van der Waals surface area contributed by atoms with Gasteiger partial charge in [-0.2, -0.15) is 0 Å². The van der Waals surface area contributed by atoms with Gasteiger partial charge in [0, 0.05) is 23.5 Å². The van der Waals surface area contributed by atoms with Gasteiger partial charge in [-0.3, -0.25) is 0 Å². The molecule has 0 N–H and O–H groups in total. The SMILES string of the molecule is CCc1ccc(N2c3ccccc3Cc3ccccc32)cc1. The highest BCUT2D eigenvalue weighted by molar-refractivity contribution is 5.83. The van der Waals surface area contributed by atoms with Crippen LogP contribution in [0.1, 0.15) is 23.6 Å². The van der Waals surface area contributed by atoms with Crippen molar-refractivity contribution in [2.75, 3.05) is 4.90 Å². The van der Waals surface area contributed by atoms with Gasteiger partial charge in [-0.25, -0.2) is 0 Å². The van der Waals surface area contributed by atoms with Crippen LogP contribution in [0, 0.1) is 0 Å². The van der Waals surface area contributed by atoms with Crippen LogP contribution in [0.2, 0.25) is 0 Å². The molecule has 0 atom stereocenters. The van der Waals surface area contributed by atoms with Crippen LogP contribution < -0.4 is 4.90 Å². The molecule has 1 aliphatic heterocycles. The van der Waals surface area contributed by atoms with Gasteiger partial charge < -0.3 is 4.90 Å². The standard InChI is InChI=1S/C21H19N/c1-2-16-11-13-19(14-12-16)22-20-9-5-3-7-17(20)15-18-8-4-6-10-21(18)22/h3-14H,2,15H2,1H3. The molecule has 4 rings (SSSR count). The second-order valence-corrected chi connectivity index (χ2v) is 5.79. The predicted octanol–water partition coefficient (Wildman–Crippen LogP) is 5.62. The highest BCUT2D eigenvalue weighted by atomic mass is 15.2. The second-order valence-electron chi connectivity index (χ2n) is 5.79. The Kier molecular flexibility index (Phi) is 3.19. The van der Waals surface area contributed by atoms with Crippen LogP contribution in [-0.4, -0.2) is 0 Å². The first-order valence-corrected chi connectivity index (χ1v) is 7.91. The third-order valence-electron chi connectivity index (χ3n) is 4.45. The van der Waals surface area contributed by atoms with E-state index in [0.29, 0.717) is 0 Å². The maximum atomic E-state index is 2.38. The fourth-order valence-electron chi connectivity index (χ4n) is 3.25. The van der Waals surface area contributed by atoms with E-state index in [1.165, 1.54) is 33.8 Å². The van der Waals surface area contributed by atoms with Gasteiger partial charge >= 0.3 is 0 Å². The molecule has 0 unspecified atom stereocenters. The largest absolute Gasteiger partial charge is 0.310 e. The summed E-state index contributed by atoms with van der Waals surface area (Å²) >= 11 is 0. The van der Waals surface area contributed by atoms with Crippen molar-refractivity contribution in [3.8, 4) is 0 Å². The summed E-state index contributed by atoms with van der Waals surface area (Å²) in [6.45, 7) is 2.19. The summed E-state index contributed by atoms with van der Waals surface area (Å²) in [5.41, 5.74) is 7.98. The van der Waals surface area contributed by atoms with Gasteiger partial charge in [0.1, 0.15) is 0 Å². The molecule has 0 bridgehead atoms. The van der Waals surface area contributed by atoms with E-state index in [2.05, 4.69) is 84.6 Å². The molecular formula is C21H19N. The Balaban J connectivity index is 1.90. The normalized spacial score (nSPS) is 12.7. The number of nitrogens with zero attached hydrogens (tertiary/aromatic N) is 1. The quantitative estimate of drug-likeness (QED) is 0.462. The molecular weight excluding hydrogens is 266 g/mol. The molecule has 0 radical (unpaired) electrons. The van der Waals surface area contributed by atoms with E-state index in [1.54, 1.807) is 0 Å². The molecule has 0 aliphatic carbocycles. The maximum absolute atomic E-state index is 2.38. The van der Waals surface area contributed by atoms with Gasteiger partial charge in [0.15, 0.2) is 0 Å². The van der Waals surface area contributed by atoms with E-state index < -0.39 is 0 Å². The molecule has 1 aliphatic rings. The minimum Gasteiger partial charge on any atom is -0.310 e. The number of anilines is 3. The summed E-state index contributed by atoms with van der Waals surface area (Å²) in [7, 11) is 0. The van der Waals surface area contributed by atoms with Gasteiger partial charge in [0.2, 0.25) is 0 Å². The lowest BCUT2D eigenvalue weighted by Gasteiger charge is -2.33. The number of hydrogen-bond donors (Lipinski definition) is 0. The fraction of sp³-hybridized carbons (Fsp3) is 0.143. The van der Waals surface area contributed by atoms with Gasteiger partial charge in [0.05, 0.1) is 0 Å². The minimum absolute atomic E-state index is 1.01. The summed E-state index contributed by atoms with van der Waals surface area (Å²) in [6.07, 6.45) is 2.09. The number of aryl methyl sites for hydroxylation is 1. The first kappa shape index (κ1) is 13.1. The van der Waals surface area contributed by atoms with Gasteiger partial charge in [-0.1, -0.05) is 55.5 Å². The fourth-order valence-corrected chi connectivity index (χ4v) is 3.25. The number of para-hydroxylation sites is 2. The Bertz CT molecular complexity index is 757. The first-order valence-electron chi connectivity index (χ1n) is 7.91. The third-order valence-corrected chi connectivity index (χ3v) is 4.45. The van der Waals surface area contributed by atoms with Crippen molar-refractivity contribution in [3.63, 3.8) is 0 Å². The molecule has 0 saturated heterocycles. The smallest absolute Gasteiger partial charge is 0.0497 e. The number of rotatable bonds is 2. The summed E-state index contributed by atoms with van der Waals surface area (Å²) in [6, 6.07) is 26.4. The van der Waals surface area contributed by atoms with Crippen molar-refractivity contribution in [2.24, 2.45) is 0 Å². The van der Waals surface area contributed by atoms with Crippen LogP contribution in [-0.2, 0) is 12.8 Å². The van der Waals surface area contributed by atoms with E-state index in [0.717, 1.165) is 12.8 Å². The van der Waals surface area contributed by atoms with Gasteiger partial charge in [-0.15, -0.1) is 0 Å². The van der Waals surface area contributed by atoms with Crippen LogP contribution in [0.25, 0.3) is 0 Å². The van der Waals surface area contributed by atoms with Crippen LogP contribution in [0.15, 0.2) is 72.8 Å². The molecule has 0 amide bonds. The average molecular weight is 285 g/mol. The Labute approximate surface area is 131 Å². The molecule has 0 aromatic heterocycles. The van der Waals surface area contributed by atoms with Crippen molar-refractivity contribution >= 4 is 17.1 Å². The van der Waals surface area contributed by atoms with Crippen molar-refractivity contribution in [1.29, 1.82) is 0 Å². The zero-order valence-corrected chi connectivity index (χ0v) is 12.8. The summed E-state index contributed by atoms with van der Waals surface area (Å²) in [5, 5.41) is 0. The molecule has 0 fully saturated rings. The minimum atomic E-state index is 1.01. The Morgan fingerprint density at radius 2 is 1.27 bits per heavy atom. The zero-order chi connectivity index (χ0) is 14.9. The summed E-state index contributed by atoms with van der Waals surface area (Å²) < 4.78 is 0. The third kappa shape index (κ3) is 2.10. The van der Waals surface area contributed by atoms with Crippen molar-refractivity contribution in [2.45, 2.75) is 19.8 Å². The zero-order valence-electron chi connectivity index (χ0n) is 12.8. The van der Waals surface area contributed by atoms with E-state index in [4.69, 9.17) is 0 Å². The molecule has 3 aromatic rings. The van der Waals surface area contributed by atoms with Crippen LogP contribution in [0.3, 0.4) is 0 Å². The molecule has 1 heteroatoms. The van der Waals surface area contributed by atoms with Crippen LogP contribution >= 0.6 is 0 Å². The Morgan fingerprint density at radius 1 is 0.727 bits per heavy atom. The summed E-state index contributed by atoms with van der Waals surface area (Å²) in [5.74, 6) is 0. The molecule has 1 heterocycles. The number of benzene rings is 3. The number of hydrogen-bond acceptors (Lipinski definition) is 1. The van der Waals surface area contributed by atoms with E-state index in [9.17, 15) is 0 Å². The molecule has 22 heavy (non-hydrogen) atoms. The average Bonchev–Trinajstić information content (AvgIpc) is 2.60. The van der Waals surface area contributed by atoms with Crippen molar-refractivity contribution in [3.05, 3.63) is 89.5 Å². The van der Waals surface area contributed by atoms with Crippen molar-refractivity contribution < 1.29 is 0 Å². The Hall–Kier alpha value is -2.54. The van der Waals surface area contributed by atoms with Crippen molar-refractivity contribution in [1.82, 2.24) is 0 Å². The molecule has 1 nitrogen and oxygen atoms in total.